The molecular weight excluding hydrogens is 406 g/mol. The second kappa shape index (κ2) is 9.69. The van der Waals surface area contributed by atoms with E-state index in [0.717, 1.165) is 24.2 Å². The van der Waals surface area contributed by atoms with Crippen LogP contribution in [-0.4, -0.2) is 18.2 Å². The van der Waals surface area contributed by atoms with E-state index in [1.54, 1.807) is 12.1 Å². The molecule has 0 amide bonds. The van der Waals surface area contributed by atoms with E-state index in [0.29, 0.717) is 22.4 Å². The van der Waals surface area contributed by atoms with Gasteiger partial charge in [0.1, 0.15) is 0 Å². The average Bonchev–Trinajstić information content (AvgIpc) is 3.25. The van der Waals surface area contributed by atoms with Gasteiger partial charge in [-0.15, -0.1) is 0 Å². The first-order chi connectivity index (χ1) is 14.8. The minimum atomic E-state index is -3.75. The third kappa shape index (κ3) is 5.18. The monoisotopic (exact) mass is 439 g/mol. The quantitative estimate of drug-likeness (QED) is 0.415. The highest BCUT2D eigenvalue weighted by Gasteiger charge is 2.26. The Morgan fingerprint density at radius 1 is 0.903 bits per heavy atom. The molecule has 31 heavy (non-hydrogen) atoms. The zero-order chi connectivity index (χ0) is 22.6. The SMILES string of the molecule is CC[C@@H](C)c1ccc(S(=O)(=O)N(Cc2ccn(CC)n2)c2ccc(C(C)C)cc2)cc1. The van der Waals surface area contributed by atoms with Crippen LogP contribution in [0.2, 0.25) is 0 Å². The Morgan fingerprint density at radius 3 is 2.03 bits per heavy atom. The third-order valence-electron chi connectivity index (χ3n) is 5.82. The lowest BCUT2D eigenvalue weighted by atomic mass is 9.99. The molecule has 0 aliphatic carbocycles. The number of aryl methyl sites for hydroxylation is 1. The summed E-state index contributed by atoms with van der Waals surface area (Å²) in [5, 5.41) is 4.51. The molecule has 3 aromatic rings. The summed E-state index contributed by atoms with van der Waals surface area (Å²) in [6.07, 6.45) is 2.89. The van der Waals surface area contributed by atoms with Crippen LogP contribution < -0.4 is 4.31 Å². The summed E-state index contributed by atoms with van der Waals surface area (Å²) >= 11 is 0. The Kier molecular flexibility index (Phi) is 7.21. The predicted octanol–water partition coefficient (Wildman–Crippen LogP) is 5.94. The van der Waals surface area contributed by atoms with Gasteiger partial charge >= 0.3 is 0 Å². The second-order valence-electron chi connectivity index (χ2n) is 8.30. The van der Waals surface area contributed by atoms with Crippen LogP contribution in [0, 0.1) is 0 Å². The summed E-state index contributed by atoms with van der Waals surface area (Å²) in [5.74, 6) is 0.780. The van der Waals surface area contributed by atoms with Gasteiger partial charge in [-0.1, -0.05) is 52.0 Å². The normalized spacial score (nSPS) is 12.8. The summed E-state index contributed by atoms with van der Waals surface area (Å²) in [7, 11) is -3.75. The molecule has 0 saturated carbocycles. The first kappa shape index (κ1) is 23.1. The highest BCUT2D eigenvalue weighted by atomic mass is 32.2. The molecular formula is C25H33N3O2S. The van der Waals surface area contributed by atoms with Crippen LogP contribution in [0.3, 0.4) is 0 Å². The van der Waals surface area contributed by atoms with Gasteiger partial charge in [-0.25, -0.2) is 8.42 Å². The number of nitrogens with zero attached hydrogens (tertiary/aromatic N) is 3. The van der Waals surface area contributed by atoms with Crippen molar-refractivity contribution in [3.05, 3.63) is 77.6 Å². The molecule has 2 aromatic carbocycles. The van der Waals surface area contributed by atoms with Crippen LogP contribution >= 0.6 is 0 Å². The van der Waals surface area contributed by atoms with E-state index in [9.17, 15) is 8.42 Å². The van der Waals surface area contributed by atoms with E-state index < -0.39 is 10.0 Å². The van der Waals surface area contributed by atoms with Crippen LogP contribution in [0.5, 0.6) is 0 Å². The molecule has 6 heteroatoms. The van der Waals surface area contributed by atoms with Gasteiger partial charge in [0, 0.05) is 12.7 Å². The number of hydrogen-bond donors (Lipinski definition) is 0. The number of anilines is 1. The van der Waals surface area contributed by atoms with Crippen molar-refractivity contribution in [3.8, 4) is 0 Å². The van der Waals surface area contributed by atoms with Gasteiger partial charge in [0.15, 0.2) is 0 Å². The van der Waals surface area contributed by atoms with Crippen LogP contribution in [-0.2, 0) is 23.1 Å². The molecule has 0 radical (unpaired) electrons. The molecule has 166 valence electrons. The van der Waals surface area contributed by atoms with Crippen molar-refractivity contribution >= 4 is 15.7 Å². The fraction of sp³-hybridized carbons (Fsp3) is 0.400. The predicted molar refractivity (Wildman–Crippen MR) is 127 cm³/mol. The Labute approximate surface area is 186 Å². The molecule has 0 fully saturated rings. The number of benzene rings is 2. The van der Waals surface area contributed by atoms with Crippen LogP contribution in [0.1, 0.15) is 69.7 Å². The minimum absolute atomic E-state index is 0.184. The van der Waals surface area contributed by atoms with Crippen molar-refractivity contribution in [2.75, 3.05) is 4.31 Å². The van der Waals surface area contributed by atoms with Gasteiger partial charge in [-0.3, -0.25) is 8.99 Å². The van der Waals surface area contributed by atoms with E-state index in [4.69, 9.17) is 0 Å². The summed E-state index contributed by atoms with van der Waals surface area (Å²) in [6, 6.07) is 16.9. The molecule has 1 atom stereocenters. The lowest BCUT2D eigenvalue weighted by Crippen LogP contribution is -2.31. The molecule has 1 aromatic heterocycles. The number of aromatic nitrogens is 2. The number of hydrogen-bond acceptors (Lipinski definition) is 3. The van der Waals surface area contributed by atoms with E-state index in [-0.39, 0.29) is 6.54 Å². The molecule has 0 bridgehead atoms. The molecule has 0 aliphatic heterocycles. The maximum Gasteiger partial charge on any atom is 0.264 e. The van der Waals surface area contributed by atoms with Gasteiger partial charge in [0.25, 0.3) is 10.0 Å². The van der Waals surface area contributed by atoms with Crippen LogP contribution in [0.25, 0.3) is 0 Å². The van der Waals surface area contributed by atoms with Gasteiger partial charge in [0.05, 0.1) is 22.8 Å². The Bertz CT molecular complexity index is 1080. The Morgan fingerprint density at radius 2 is 1.52 bits per heavy atom. The largest absolute Gasteiger partial charge is 0.273 e. The Balaban J connectivity index is 2.01. The minimum Gasteiger partial charge on any atom is -0.273 e. The summed E-state index contributed by atoms with van der Waals surface area (Å²) in [6.45, 7) is 11.5. The Hall–Kier alpha value is -2.60. The van der Waals surface area contributed by atoms with E-state index >= 15 is 0 Å². The standard InChI is InChI=1S/C25H33N3O2S/c1-6-20(5)22-10-14-25(15-11-22)31(29,30)28(18-23-16-17-27(7-2)26-23)24-12-8-21(9-13-24)19(3)4/h8-17,19-20H,6-7,18H2,1-5H3/t20-/m1/s1. The fourth-order valence-electron chi connectivity index (χ4n) is 3.48. The molecule has 0 unspecified atom stereocenters. The molecule has 0 N–H and O–H groups in total. The highest BCUT2D eigenvalue weighted by Crippen LogP contribution is 2.29. The van der Waals surface area contributed by atoms with Crippen molar-refractivity contribution < 1.29 is 8.42 Å². The first-order valence-corrected chi connectivity index (χ1v) is 12.4. The second-order valence-corrected chi connectivity index (χ2v) is 10.2. The van der Waals surface area contributed by atoms with Gasteiger partial charge in [-0.05, 0) is 66.6 Å². The van der Waals surface area contributed by atoms with Gasteiger partial charge in [0.2, 0.25) is 0 Å². The topological polar surface area (TPSA) is 55.2 Å². The van der Waals surface area contributed by atoms with Crippen molar-refractivity contribution in [3.63, 3.8) is 0 Å². The highest BCUT2D eigenvalue weighted by molar-refractivity contribution is 7.92. The average molecular weight is 440 g/mol. The summed E-state index contributed by atoms with van der Waals surface area (Å²) in [4.78, 5) is 0.294. The van der Waals surface area contributed by atoms with Crippen molar-refractivity contribution in [1.82, 2.24) is 9.78 Å². The van der Waals surface area contributed by atoms with Crippen molar-refractivity contribution in [2.24, 2.45) is 0 Å². The molecule has 1 heterocycles. The van der Waals surface area contributed by atoms with Crippen molar-refractivity contribution in [2.45, 2.75) is 70.9 Å². The van der Waals surface area contributed by atoms with Gasteiger partial charge in [-0.2, -0.15) is 5.10 Å². The maximum absolute atomic E-state index is 13.7. The van der Waals surface area contributed by atoms with Crippen molar-refractivity contribution in [1.29, 1.82) is 0 Å². The zero-order valence-electron chi connectivity index (χ0n) is 19.1. The molecule has 0 spiro atoms. The number of sulfonamides is 1. The lowest BCUT2D eigenvalue weighted by molar-refractivity contribution is 0.588. The summed E-state index contributed by atoms with van der Waals surface area (Å²) in [5.41, 5.74) is 3.68. The first-order valence-electron chi connectivity index (χ1n) is 11.0. The van der Waals surface area contributed by atoms with E-state index in [2.05, 4.69) is 32.8 Å². The fourth-order valence-corrected chi connectivity index (χ4v) is 4.92. The molecule has 0 aliphatic rings. The molecule has 5 nitrogen and oxygen atoms in total. The van der Waals surface area contributed by atoms with E-state index in [1.165, 1.54) is 9.87 Å². The summed E-state index contributed by atoms with van der Waals surface area (Å²) < 4.78 is 30.6. The maximum atomic E-state index is 13.7. The smallest absolute Gasteiger partial charge is 0.264 e. The van der Waals surface area contributed by atoms with Crippen LogP contribution in [0.15, 0.2) is 65.7 Å². The zero-order valence-corrected chi connectivity index (χ0v) is 19.9. The van der Waals surface area contributed by atoms with Crippen LogP contribution in [0.4, 0.5) is 5.69 Å². The van der Waals surface area contributed by atoms with E-state index in [1.807, 2.05) is 60.3 Å². The van der Waals surface area contributed by atoms with Gasteiger partial charge < -0.3 is 0 Å². The third-order valence-corrected chi connectivity index (χ3v) is 7.61. The lowest BCUT2D eigenvalue weighted by Gasteiger charge is -2.24. The molecule has 3 rings (SSSR count). The number of rotatable bonds is 9. The molecule has 0 saturated heterocycles.